The van der Waals surface area contributed by atoms with Crippen molar-refractivity contribution in [2.24, 2.45) is 29.1 Å². The summed E-state index contributed by atoms with van der Waals surface area (Å²) < 4.78 is 5.36. The maximum absolute atomic E-state index is 13.2. The molecule has 0 radical (unpaired) electrons. The molecule has 1 heterocycles. The number of rotatable bonds is 3. The smallest absolute Gasteiger partial charge is 0.238 e. The number of amides is 2. The van der Waals surface area contributed by atoms with Crippen LogP contribution < -0.4 is 9.64 Å². The molecule has 3 aliphatic carbocycles. The second-order valence-corrected chi connectivity index (χ2v) is 7.68. The molecule has 4 aliphatic rings. The van der Waals surface area contributed by atoms with Crippen molar-refractivity contribution in [3.8, 4) is 5.75 Å². The number of fused-ring (bicyclic) bond motifs is 3. The van der Waals surface area contributed by atoms with Gasteiger partial charge in [-0.15, -0.1) is 0 Å². The van der Waals surface area contributed by atoms with Crippen LogP contribution >= 0.6 is 0 Å². The number of imide groups is 1. The van der Waals surface area contributed by atoms with Crippen LogP contribution in [0, 0.1) is 29.1 Å². The third-order valence-electron chi connectivity index (χ3n) is 6.68. The zero-order valence-corrected chi connectivity index (χ0v) is 14.2. The number of methoxy groups -OCH3 is 1. The Morgan fingerprint density at radius 1 is 1.12 bits per heavy atom. The predicted molar refractivity (Wildman–Crippen MR) is 90.3 cm³/mol. The Hall–Kier alpha value is -2.43. The van der Waals surface area contributed by atoms with Crippen molar-refractivity contribution in [3.63, 3.8) is 0 Å². The Morgan fingerprint density at radius 2 is 1.72 bits per heavy atom. The Bertz CT molecular complexity index is 832. The molecule has 2 saturated carbocycles. The molecular weight excluding hydrogens is 318 g/mol. The molecule has 5 heteroatoms. The van der Waals surface area contributed by atoms with Crippen LogP contribution in [0.3, 0.4) is 0 Å². The van der Waals surface area contributed by atoms with Crippen LogP contribution in [0.25, 0.3) is 0 Å². The fourth-order valence-electron chi connectivity index (χ4n) is 5.40. The van der Waals surface area contributed by atoms with Gasteiger partial charge in [0.25, 0.3) is 0 Å². The average Bonchev–Trinajstić information content (AvgIpc) is 3.19. The van der Waals surface area contributed by atoms with Gasteiger partial charge in [-0.05, 0) is 55.2 Å². The Kier molecular flexibility index (Phi) is 2.73. The minimum absolute atomic E-state index is 0.109. The lowest BCUT2D eigenvalue weighted by atomic mass is 9.85. The maximum Gasteiger partial charge on any atom is 0.238 e. The second kappa shape index (κ2) is 4.59. The Balaban J connectivity index is 1.59. The highest BCUT2D eigenvalue weighted by Gasteiger charge is 2.73. The largest absolute Gasteiger partial charge is 0.495 e. The molecule has 3 fully saturated rings. The zero-order chi connectivity index (χ0) is 17.5. The molecule has 0 N–H and O–H groups in total. The van der Waals surface area contributed by atoms with Crippen LogP contribution in [0.2, 0.25) is 0 Å². The number of nitrogens with zero attached hydrogens (tertiary/aromatic N) is 1. The van der Waals surface area contributed by atoms with Gasteiger partial charge in [-0.1, -0.05) is 12.2 Å². The summed E-state index contributed by atoms with van der Waals surface area (Å²) in [7, 11) is 1.50. The van der Waals surface area contributed by atoms with Gasteiger partial charge in [0.2, 0.25) is 11.8 Å². The number of carbonyl (C=O) groups is 3. The number of carbonyl (C=O) groups excluding carboxylic acids is 3. The standard InChI is InChI=1S/C20H19NO4/c1-10(22)11-3-6-15(25-2)14(9-11)21-18(23)16-12-4-5-13(17(16)19(21)24)20(12)7-8-20/h3-6,9,12-13,16-17H,7-8H2,1-2H3/t12-,13-,16-,17-/m0/s1. The quantitative estimate of drug-likeness (QED) is 0.483. The Labute approximate surface area is 145 Å². The van der Waals surface area contributed by atoms with Crippen molar-refractivity contribution in [3.05, 3.63) is 35.9 Å². The molecule has 2 amide bonds. The van der Waals surface area contributed by atoms with Crippen LogP contribution in [0.1, 0.15) is 30.1 Å². The lowest BCUT2D eigenvalue weighted by Crippen LogP contribution is -2.35. The lowest BCUT2D eigenvalue weighted by Gasteiger charge is -2.23. The third kappa shape index (κ3) is 1.66. The van der Waals surface area contributed by atoms with E-state index >= 15 is 0 Å². The lowest BCUT2D eigenvalue weighted by molar-refractivity contribution is -0.123. The van der Waals surface area contributed by atoms with Gasteiger partial charge < -0.3 is 4.74 Å². The number of benzene rings is 1. The normalized spacial score (nSPS) is 33.3. The molecular formula is C20H19NO4. The van der Waals surface area contributed by atoms with Gasteiger partial charge in [0.05, 0.1) is 24.6 Å². The van der Waals surface area contributed by atoms with E-state index in [9.17, 15) is 14.4 Å². The summed E-state index contributed by atoms with van der Waals surface area (Å²) in [6, 6.07) is 4.90. The summed E-state index contributed by atoms with van der Waals surface area (Å²) in [6.45, 7) is 1.47. The monoisotopic (exact) mass is 337 g/mol. The average molecular weight is 337 g/mol. The SMILES string of the molecule is COc1ccc(C(C)=O)cc1N1C(=O)[C@@H]2[C@@H](C1=O)[C@@H]1C=C[C@@H]2C12CC2. The molecule has 5 nitrogen and oxygen atoms in total. The summed E-state index contributed by atoms with van der Waals surface area (Å²) in [4.78, 5) is 39.4. The van der Waals surface area contributed by atoms with E-state index in [2.05, 4.69) is 12.2 Å². The molecule has 1 aromatic carbocycles. The summed E-state index contributed by atoms with van der Waals surface area (Å²) >= 11 is 0. The fraction of sp³-hybridized carbons (Fsp3) is 0.450. The van der Waals surface area contributed by atoms with Crippen LogP contribution in [0.15, 0.2) is 30.4 Å². The first-order valence-corrected chi connectivity index (χ1v) is 8.75. The Morgan fingerprint density at radius 3 is 2.20 bits per heavy atom. The summed E-state index contributed by atoms with van der Waals surface area (Å²) in [6.07, 6.45) is 6.53. The van der Waals surface area contributed by atoms with Crippen LogP contribution in [-0.4, -0.2) is 24.7 Å². The number of anilines is 1. The molecule has 1 aromatic rings. The minimum atomic E-state index is -0.254. The molecule has 5 rings (SSSR count). The fourth-order valence-corrected chi connectivity index (χ4v) is 5.40. The van der Waals surface area contributed by atoms with Crippen LogP contribution in [0.4, 0.5) is 5.69 Å². The van der Waals surface area contributed by atoms with Gasteiger partial charge in [-0.2, -0.15) is 0 Å². The zero-order valence-electron chi connectivity index (χ0n) is 14.2. The summed E-state index contributed by atoms with van der Waals surface area (Å²) in [5, 5.41) is 0. The van der Waals surface area contributed by atoms with Gasteiger partial charge in [-0.25, -0.2) is 4.90 Å². The number of Topliss-reactive ketones (excluding diaryl/α,β-unsaturated/α-hetero) is 1. The van der Waals surface area contributed by atoms with E-state index in [0.717, 1.165) is 12.8 Å². The van der Waals surface area contributed by atoms with E-state index in [0.29, 0.717) is 17.0 Å². The van der Waals surface area contributed by atoms with Gasteiger partial charge in [0, 0.05) is 5.56 Å². The molecule has 0 aromatic heterocycles. The number of ether oxygens (including phenoxy) is 1. The van der Waals surface area contributed by atoms with Gasteiger partial charge >= 0.3 is 0 Å². The molecule has 128 valence electrons. The predicted octanol–water partition coefficient (Wildman–Crippen LogP) is 2.60. The topological polar surface area (TPSA) is 63.7 Å². The molecule has 1 aliphatic heterocycles. The highest BCUT2D eigenvalue weighted by molar-refractivity contribution is 6.24. The maximum atomic E-state index is 13.2. The van der Waals surface area contributed by atoms with Crippen LogP contribution in [0.5, 0.6) is 5.75 Å². The van der Waals surface area contributed by atoms with Crippen LogP contribution in [-0.2, 0) is 9.59 Å². The van der Waals surface area contributed by atoms with Crippen molar-refractivity contribution in [1.82, 2.24) is 0 Å². The summed E-state index contributed by atoms with van der Waals surface area (Å²) in [5.74, 6) is -0.0903. The third-order valence-corrected chi connectivity index (χ3v) is 6.68. The number of ketones is 1. The molecule has 0 unspecified atom stereocenters. The first-order valence-electron chi connectivity index (χ1n) is 8.75. The molecule has 2 bridgehead atoms. The van der Waals surface area contributed by atoms with E-state index in [1.54, 1.807) is 18.2 Å². The van der Waals surface area contributed by atoms with Gasteiger partial charge in [0.15, 0.2) is 5.78 Å². The van der Waals surface area contributed by atoms with Crippen molar-refractivity contribution >= 4 is 23.3 Å². The minimum Gasteiger partial charge on any atom is -0.495 e. The van der Waals surface area contributed by atoms with Crippen molar-refractivity contribution in [1.29, 1.82) is 0 Å². The molecule has 1 saturated heterocycles. The summed E-state index contributed by atoms with van der Waals surface area (Å²) in [5.41, 5.74) is 1.04. The highest BCUT2D eigenvalue weighted by atomic mass is 16.5. The number of hydrogen-bond donors (Lipinski definition) is 0. The van der Waals surface area contributed by atoms with Crippen molar-refractivity contribution < 1.29 is 19.1 Å². The van der Waals surface area contributed by atoms with E-state index < -0.39 is 0 Å². The van der Waals surface area contributed by atoms with E-state index in [1.165, 1.54) is 18.9 Å². The van der Waals surface area contributed by atoms with Crippen molar-refractivity contribution in [2.45, 2.75) is 19.8 Å². The molecule has 4 atom stereocenters. The number of allylic oxidation sites excluding steroid dienone is 2. The first kappa shape index (κ1) is 14.9. The molecule has 25 heavy (non-hydrogen) atoms. The van der Waals surface area contributed by atoms with Crippen molar-refractivity contribution in [2.75, 3.05) is 12.0 Å². The van der Waals surface area contributed by atoms with E-state index in [4.69, 9.17) is 4.74 Å². The van der Waals surface area contributed by atoms with Gasteiger partial charge in [-0.3, -0.25) is 14.4 Å². The molecule has 1 spiro atoms. The highest BCUT2D eigenvalue weighted by Crippen LogP contribution is 2.73. The van der Waals surface area contributed by atoms with Gasteiger partial charge in [0.1, 0.15) is 5.75 Å². The second-order valence-electron chi connectivity index (χ2n) is 7.68. The van der Waals surface area contributed by atoms with E-state index in [1.807, 2.05) is 0 Å². The number of hydrogen-bond acceptors (Lipinski definition) is 4. The first-order chi connectivity index (χ1) is 12.0. The van der Waals surface area contributed by atoms with E-state index in [-0.39, 0.29) is 46.7 Å².